The molecule has 33 heavy (non-hydrogen) atoms. The zero-order valence-corrected chi connectivity index (χ0v) is 19.3. The van der Waals surface area contributed by atoms with Crippen molar-refractivity contribution in [2.24, 2.45) is 0 Å². The molecular formula is C23H29N3O6S. The third-order valence-electron chi connectivity index (χ3n) is 5.33. The van der Waals surface area contributed by atoms with Crippen LogP contribution in [0.25, 0.3) is 0 Å². The van der Waals surface area contributed by atoms with Crippen molar-refractivity contribution in [1.29, 1.82) is 0 Å². The molecule has 1 saturated heterocycles. The number of sulfonamides is 1. The summed E-state index contributed by atoms with van der Waals surface area (Å²) in [6.07, 6.45) is 0.792. The van der Waals surface area contributed by atoms with Crippen molar-refractivity contribution < 1.29 is 27.9 Å². The number of nitrogens with zero attached hydrogens (tertiary/aromatic N) is 1. The summed E-state index contributed by atoms with van der Waals surface area (Å²) in [6.45, 7) is 2.34. The molecule has 1 aliphatic rings. The molecule has 0 radical (unpaired) electrons. The molecule has 1 heterocycles. The summed E-state index contributed by atoms with van der Waals surface area (Å²) >= 11 is 0. The lowest BCUT2D eigenvalue weighted by Crippen LogP contribution is -2.40. The number of carbonyl (C=O) groups is 2. The van der Waals surface area contributed by atoms with Crippen molar-refractivity contribution in [2.75, 3.05) is 25.0 Å². The monoisotopic (exact) mass is 475 g/mol. The Morgan fingerprint density at radius 3 is 2.45 bits per heavy atom. The van der Waals surface area contributed by atoms with Crippen LogP contribution in [0.15, 0.2) is 53.4 Å². The Balaban J connectivity index is 1.53. The Labute approximate surface area is 193 Å². The first-order valence-corrected chi connectivity index (χ1v) is 12.2. The molecule has 0 aliphatic carbocycles. The number of rotatable bonds is 9. The molecule has 1 atom stereocenters. The summed E-state index contributed by atoms with van der Waals surface area (Å²) in [6, 6.07) is 12.9. The highest BCUT2D eigenvalue weighted by molar-refractivity contribution is 7.89. The molecular weight excluding hydrogens is 446 g/mol. The minimum Gasteiger partial charge on any atom is -0.445 e. The second kappa shape index (κ2) is 11.3. The summed E-state index contributed by atoms with van der Waals surface area (Å²) in [5.41, 5.74) is 1.78. The number of alkyl carbamates (subject to hydrolysis) is 1. The Morgan fingerprint density at radius 2 is 1.82 bits per heavy atom. The number of ether oxygens (including phenoxy) is 1. The van der Waals surface area contributed by atoms with Gasteiger partial charge in [-0.05, 0) is 49.1 Å². The van der Waals surface area contributed by atoms with Gasteiger partial charge in [0.15, 0.2) is 0 Å². The molecule has 0 saturated carbocycles. The predicted molar refractivity (Wildman–Crippen MR) is 123 cm³/mol. The molecule has 10 heteroatoms. The molecule has 3 rings (SSSR count). The Kier molecular flexibility index (Phi) is 8.43. The third-order valence-corrected chi connectivity index (χ3v) is 7.39. The van der Waals surface area contributed by atoms with Crippen LogP contribution in [0.4, 0.5) is 10.5 Å². The van der Waals surface area contributed by atoms with Gasteiger partial charge in [0.25, 0.3) is 0 Å². The van der Waals surface area contributed by atoms with E-state index in [1.54, 1.807) is 13.0 Å². The van der Waals surface area contributed by atoms with Crippen LogP contribution in [0.3, 0.4) is 0 Å². The van der Waals surface area contributed by atoms with Crippen molar-refractivity contribution in [1.82, 2.24) is 9.62 Å². The van der Waals surface area contributed by atoms with Crippen LogP contribution in [-0.2, 0) is 26.2 Å². The zero-order chi connectivity index (χ0) is 23.8. The quantitative estimate of drug-likeness (QED) is 0.511. The SMILES string of the molecule is Cc1cc(NC(=O)C[C@H](CO)NC(=O)OCc2ccccc2)ccc1S(=O)(=O)N1CCCC1. The molecule has 0 bridgehead atoms. The topological polar surface area (TPSA) is 125 Å². The summed E-state index contributed by atoms with van der Waals surface area (Å²) in [4.78, 5) is 24.6. The average molecular weight is 476 g/mol. The number of aryl methyl sites for hydroxylation is 1. The lowest BCUT2D eigenvalue weighted by molar-refractivity contribution is -0.116. The highest BCUT2D eigenvalue weighted by Crippen LogP contribution is 2.25. The van der Waals surface area contributed by atoms with Gasteiger partial charge in [-0.1, -0.05) is 30.3 Å². The number of amides is 2. The number of benzene rings is 2. The van der Waals surface area contributed by atoms with Crippen molar-refractivity contribution >= 4 is 27.7 Å². The number of hydrogen-bond donors (Lipinski definition) is 3. The number of hydrogen-bond acceptors (Lipinski definition) is 6. The number of aliphatic hydroxyl groups excluding tert-OH is 1. The van der Waals surface area contributed by atoms with E-state index in [9.17, 15) is 23.1 Å². The molecule has 9 nitrogen and oxygen atoms in total. The molecule has 3 N–H and O–H groups in total. The van der Waals surface area contributed by atoms with E-state index in [1.807, 2.05) is 30.3 Å². The fourth-order valence-electron chi connectivity index (χ4n) is 3.61. The molecule has 1 aliphatic heterocycles. The maximum atomic E-state index is 12.8. The van der Waals surface area contributed by atoms with Crippen LogP contribution in [0, 0.1) is 6.92 Å². The standard InChI is InChI=1S/C23H29N3O6S/c1-17-13-19(9-10-21(17)33(30,31)26-11-5-6-12-26)24-22(28)14-20(15-27)25-23(29)32-16-18-7-3-2-4-8-18/h2-4,7-10,13,20,27H,5-6,11-12,14-16H2,1H3,(H,24,28)(H,25,29)/t20-/m1/s1. The lowest BCUT2D eigenvalue weighted by Gasteiger charge is -2.18. The number of carbonyl (C=O) groups excluding carboxylic acids is 2. The van der Waals surface area contributed by atoms with Gasteiger partial charge in [-0.25, -0.2) is 13.2 Å². The van der Waals surface area contributed by atoms with Crippen molar-refractivity contribution in [3.63, 3.8) is 0 Å². The summed E-state index contributed by atoms with van der Waals surface area (Å²) in [5, 5.41) is 14.7. The molecule has 0 aromatic heterocycles. The first-order valence-electron chi connectivity index (χ1n) is 10.8. The first kappa shape index (κ1) is 24.7. The normalized spacial score (nSPS) is 15.1. The molecule has 1 fully saturated rings. The van der Waals surface area contributed by atoms with Crippen LogP contribution in [0.1, 0.15) is 30.4 Å². The van der Waals surface area contributed by atoms with E-state index in [1.165, 1.54) is 16.4 Å². The maximum absolute atomic E-state index is 12.8. The lowest BCUT2D eigenvalue weighted by atomic mass is 10.2. The molecule has 0 spiro atoms. The van der Waals surface area contributed by atoms with Crippen LogP contribution >= 0.6 is 0 Å². The summed E-state index contributed by atoms with van der Waals surface area (Å²) < 4.78 is 32.1. The molecule has 2 aromatic carbocycles. The van der Waals surface area contributed by atoms with Gasteiger partial charge >= 0.3 is 6.09 Å². The summed E-state index contributed by atoms with van der Waals surface area (Å²) in [7, 11) is -3.55. The largest absolute Gasteiger partial charge is 0.445 e. The van der Waals surface area contributed by atoms with Gasteiger partial charge in [0, 0.05) is 25.2 Å². The van der Waals surface area contributed by atoms with Gasteiger partial charge in [-0.2, -0.15) is 4.31 Å². The second-order valence-corrected chi connectivity index (χ2v) is 9.84. The van der Waals surface area contributed by atoms with Crippen molar-refractivity contribution in [3.8, 4) is 0 Å². The number of anilines is 1. The fourth-order valence-corrected chi connectivity index (χ4v) is 5.34. The molecule has 2 aromatic rings. The number of aliphatic hydroxyl groups is 1. The van der Waals surface area contributed by atoms with E-state index >= 15 is 0 Å². The van der Waals surface area contributed by atoms with E-state index in [0.29, 0.717) is 24.3 Å². The van der Waals surface area contributed by atoms with Gasteiger partial charge in [-0.15, -0.1) is 0 Å². The van der Waals surface area contributed by atoms with Gasteiger partial charge in [0.1, 0.15) is 6.61 Å². The van der Waals surface area contributed by atoms with Crippen LogP contribution in [-0.4, -0.2) is 55.6 Å². The minimum absolute atomic E-state index is 0.0724. The highest BCUT2D eigenvalue weighted by Gasteiger charge is 2.28. The first-order chi connectivity index (χ1) is 15.8. The van der Waals surface area contributed by atoms with Gasteiger partial charge in [0.05, 0.1) is 17.5 Å². The van der Waals surface area contributed by atoms with Gasteiger partial charge in [-0.3, -0.25) is 4.79 Å². The number of nitrogens with one attached hydrogen (secondary N) is 2. The highest BCUT2D eigenvalue weighted by atomic mass is 32.2. The zero-order valence-electron chi connectivity index (χ0n) is 18.5. The molecule has 2 amide bonds. The van der Waals surface area contributed by atoms with Crippen molar-refractivity contribution in [3.05, 3.63) is 59.7 Å². The van der Waals surface area contributed by atoms with E-state index < -0.39 is 34.7 Å². The Bertz CT molecular complexity index is 1070. The second-order valence-electron chi connectivity index (χ2n) is 7.93. The van der Waals surface area contributed by atoms with Gasteiger partial charge in [0.2, 0.25) is 15.9 Å². The summed E-state index contributed by atoms with van der Waals surface area (Å²) in [5.74, 6) is -0.438. The van der Waals surface area contributed by atoms with Crippen LogP contribution in [0.5, 0.6) is 0 Å². The molecule has 178 valence electrons. The smallest absolute Gasteiger partial charge is 0.407 e. The van der Waals surface area contributed by atoms with Crippen molar-refractivity contribution in [2.45, 2.75) is 43.7 Å². The minimum atomic E-state index is -3.55. The van der Waals surface area contributed by atoms with E-state index in [0.717, 1.165) is 18.4 Å². The Hall–Kier alpha value is -2.95. The average Bonchev–Trinajstić information content (AvgIpc) is 3.34. The fraction of sp³-hybridized carbons (Fsp3) is 0.391. The Morgan fingerprint density at radius 1 is 1.12 bits per heavy atom. The molecule has 0 unspecified atom stereocenters. The van der Waals surface area contributed by atoms with Crippen LogP contribution in [0.2, 0.25) is 0 Å². The van der Waals surface area contributed by atoms with Crippen LogP contribution < -0.4 is 10.6 Å². The van der Waals surface area contributed by atoms with E-state index in [-0.39, 0.29) is 17.9 Å². The third kappa shape index (κ3) is 6.77. The van der Waals surface area contributed by atoms with E-state index in [4.69, 9.17) is 4.74 Å². The van der Waals surface area contributed by atoms with E-state index in [2.05, 4.69) is 10.6 Å². The maximum Gasteiger partial charge on any atom is 0.407 e. The predicted octanol–water partition coefficient (Wildman–Crippen LogP) is 2.40. The van der Waals surface area contributed by atoms with Gasteiger partial charge < -0.3 is 20.5 Å².